The van der Waals surface area contributed by atoms with Gasteiger partial charge in [-0.2, -0.15) is 0 Å². The maximum atomic E-state index is 12.0. The van der Waals surface area contributed by atoms with E-state index >= 15 is 0 Å². The van der Waals surface area contributed by atoms with Crippen molar-refractivity contribution in [2.24, 2.45) is 0 Å². The topological polar surface area (TPSA) is 112 Å². The van der Waals surface area contributed by atoms with E-state index in [0.717, 1.165) is 0 Å². The number of hydrogen-bond donors (Lipinski definition) is 1. The van der Waals surface area contributed by atoms with Crippen molar-refractivity contribution in [1.82, 2.24) is 20.3 Å². The molecule has 2 rings (SSSR count). The molecule has 9 heteroatoms. The molecule has 0 aliphatic rings. The third-order valence-corrected chi connectivity index (χ3v) is 2.99. The van der Waals surface area contributed by atoms with E-state index in [1.54, 1.807) is 19.1 Å². The minimum atomic E-state index is -0.492. The molecule has 0 atom stereocenters. The Labute approximate surface area is 126 Å². The van der Waals surface area contributed by atoms with Crippen molar-refractivity contribution >= 4 is 11.6 Å². The van der Waals surface area contributed by atoms with Crippen LogP contribution < -0.4 is 5.32 Å². The zero-order valence-electron chi connectivity index (χ0n) is 12.1. The molecule has 1 amide bonds. The predicted molar refractivity (Wildman–Crippen MR) is 77.0 cm³/mol. The second kappa shape index (κ2) is 6.76. The Bertz CT molecular complexity index is 697. The van der Waals surface area contributed by atoms with Crippen LogP contribution in [-0.4, -0.2) is 46.1 Å². The first-order valence-corrected chi connectivity index (χ1v) is 6.49. The van der Waals surface area contributed by atoms with E-state index < -0.39 is 4.92 Å². The molecule has 0 saturated heterocycles. The van der Waals surface area contributed by atoms with Crippen molar-refractivity contribution in [2.45, 2.75) is 6.92 Å². The first-order chi connectivity index (χ1) is 10.5. The molecule has 1 aromatic heterocycles. The number of nitrogens with zero attached hydrogens (tertiary/aromatic N) is 4. The summed E-state index contributed by atoms with van der Waals surface area (Å²) in [5, 5.41) is 21.2. The Morgan fingerprint density at radius 3 is 2.95 bits per heavy atom. The lowest BCUT2D eigenvalue weighted by Gasteiger charge is -2.04. The molecule has 0 spiro atoms. The molecule has 0 radical (unpaired) electrons. The molecule has 22 heavy (non-hydrogen) atoms. The fourth-order valence-corrected chi connectivity index (χ4v) is 1.87. The number of carbonyl (C=O) groups excluding carboxylic acids is 1. The smallest absolute Gasteiger partial charge is 0.273 e. The van der Waals surface area contributed by atoms with Gasteiger partial charge in [-0.25, -0.2) is 4.68 Å². The van der Waals surface area contributed by atoms with Gasteiger partial charge >= 0.3 is 0 Å². The zero-order chi connectivity index (χ0) is 16.1. The van der Waals surface area contributed by atoms with Crippen molar-refractivity contribution in [2.75, 3.05) is 20.3 Å². The third-order valence-electron chi connectivity index (χ3n) is 2.99. The first kappa shape index (κ1) is 15.6. The van der Waals surface area contributed by atoms with Crippen molar-refractivity contribution < 1.29 is 14.5 Å². The van der Waals surface area contributed by atoms with Crippen LogP contribution in [0.3, 0.4) is 0 Å². The van der Waals surface area contributed by atoms with Crippen LogP contribution in [0.25, 0.3) is 5.69 Å². The summed E-state index contributed by atoms with van der Waals surface area (Å²) in [6.45, 7) is 2.42. The number of amides is 1. The highest BCUT2D eigenvalue weighted by Crippen LogP contribution is 2.18. The van der Waals surface area contributed by atoms with Gasteiger partial charge in [0.05, 0.1) is 22.9 Å². The van der Waals surface area contributed by atoms with Gasteiger partial charge in [0, 0.05) is 25.8 Å². The van der Waals surface area contributed by atoms with E-state index in [1.807, 2.05) is 0 Å². The minimum absolute atomic E-state index is 0.0569. The Hall–Kier alpha value is -2.81. The van der Waals surface area contributed by atoms with E-state index in [4.69, 9.17) is 4.74 Å². The van der Waals surface area contributed by atoms with E-state index in [-0.39, 0.29) is 17.3 Å². The molecule has 0 unspecified atom stereocenters. The summed E-state index contributed by atoms with van der Waals surface area (Å²) in [4.78, 5) is 22.3. The molecule has 0 fully saturated rings. The van der Waals surface area contributed by atoms with E-state index in [0.29, 0.717) is 24.5 Å². The number of nitro groups is 1. The summed E-state index contributed by atoms with van der Waals surface area (Å²) >= 11 is 0. The summed E-state index contributed by atoms with van der Waals surface area (Å²) in [5.41, 5.74) is 1.08. The van der Waals surface area contributed by atoms with Gasteiger partial charge in [0.1, 0.15) is 0 Å². The molecule has 0 aliphatic carbocycles. The maximum absolute atomic E-state index is 12.0. The molecule has 1 N–H and O–H groups in total. The molecular weight excluding hydrogens is 290 g/mol. The van der Waals surface area contributed by atoms with Crippen LogP contribution in [0, 0.1) is 17.0 Å². The van der Waals surface area contributed by atoms with Gasteiger partial charge in [0.2, 0.25) is 0 Å². The fraction of sp³-hybridized carbons (Fsp3) is 0.308. The molecule has 9 nitrogen and oxygen atoms in total. The van der Waals surface area contributed by atoms with Crippen molar-refractivity contribution in [3.63, 3.8) is 0 Å². The van der Waals surface area contributed by atoms with Gasteiger partial charge < -0.3 is 10.1 Å². The molecule has 0 saturated carbocycles. The van der Waals surface area contributed by atoms with Crippen LogP contribution >= 0.6 is 0 Å². The highest BCUT2D eigenvalue weighted by Gasteiger charge is 2.18. The predicted octanol–water partition coefficient (Wildman–Crippen LogP) is 0.860. The van der Waals surface area contributed by atoms with Crippen molar-refractivity contribution in [1.29, 1.82) is 0 Å². The number of carbonyl (C=O) groups is 1. The molecule has 0 aliphatic heterocycles. The van der Waals surface area contributed by atoms with E-state index in [1.165, 1.54) is 23.9 Å². The largest absolute Gasteiger partial charge is 0.383 e. The average molecular weight is 305 g/mol. The zero-order valence-corrected chi connectivity index (χ0v) is 12.1. The number of methoxy groups -OCH3 is 1. The summed E-state index contributed by atoms with van der Waals surface area (Å²) in [5.74, 6) is -0.369. The van der Waals surface area contributed by atoms with Gasteiger partial charge in [0.15, 0.2) is 5.69 Å². The second-order valence-electron chi connectivity index (χ2n) is 4.46. The summed E-state index contributed by atoms with van der Waals surface area (Å²) in [7, 11) is 1.54. The molecule has 2 aromatic rings. The lowest BCUT2D eigenvalue weighted by Crippen LogP contribution is -2.27. The average Bonchev–Trinajstić information content (AvgIpc) is 2.89. The maximum Gasteiger partial charge on any atom is 0.273 e. The first-order valence-electron chi connectivity index (χ1n) is 6.49. The second-order valence-corrected chi connectivity index (χ2v) is 4.46. The normalized spacial score (nSPS) is 10.5. The SMILES string of the molecule is COCCNC(=O)c1nnn(-c2cccc([N+](=O)[O-])c2)c1C. The third kappa shape index (κ3) is 3.26. The van der Waals surface area contributed by atoms with Crippen molar-refractivity contribution in [3.05, 3.63) is 45.8 Å². The number of hydrogen-bond acceptors (Lipinski definition) is 6. The number of rotatable bonds is 6. The van der Waals surface area contributed by atoms with Gasteiger partial charge in [-0.3, -0.25) is 14.9 Å². The van der Waals surface area contributed by atoms with Crippen LogP contribution in [0.5, 0.6) is 0 Å². The number of benzene rings is 1. The Balaban J connectivity index is 2.25. The number of aromatic nitrogens is 3. The Kier molecular flexibility index (Phi) is 4.79. The van der Waals surface area contributed by atoms with Gasteiger partial charge in [-0.15, -0.1) is 5.10 Å². The standard InChI is InChI=1S/C13H15N5O4/c1-9-12(13(19)14-6-7-22-2)15-16-17(9)10-4-3-5-11(8-10)18(20)21/h3-5,8H,6-7H2,1-2H3,(H,14,19). The lowest BCUT2D eigenvalue weighted by atomic mass is 10.2. The summed E-state index contributed by atoms with van der Waals surface area (Å²) < 4.78 is 6.24. The lowest BCUT2D eigenvalue weighted by molar-refractivity contribution is -0.384. The number of nitro benzene ring substituents is 1. The van der Waals surface area contributed by atoms with Crippen LogP contribution in [0.4, 0.5) is 5.69 Å². The Morgan fingerprint density at radius 2 is 2.27 bits per heavy atom. The summed E-state index contributed by atoms with van der Waals surface area (Å²) in [6.07, 6.45) is 0. The number of non-ortho nitro benzene ring substituents is 1. The van der Waals surface area contributed by atoms with Gasteiger partial charge in [-0.05, 0) is 13.0 Å². The van der Waals surface area contributed by atoms with Gasteiger partial charge in [0.25, 0.3) is 11.6 Å². The highest BCUT2D eigenvalue weighted by molar-refractivity contribution is 5.93. The monoisotopic (exact) mass is 305 g/mol. The van der Waals surface area contributed by atoms with Crippen LogP contribution in [-0.2, 0) is 4.74 Å². The summed E-state index contributed by atoms with van der Waals surface area (Å²) in [6, 6.07) is 5.95. The van der Waals surface area contributed by atoms with Crippen LogP contribution in [0.15, 0.2) is 24.3 Å². The molecule has 116 valence electrons. The number of nitrogens with one attached hydrogen (secondary N) is 1. The fourth-order valence-electron chi connectivity index (χ4n) is 1.87. The highest BCUT2D eigenvalue weighted by atomic mass is 16.6. The van der Waals surface area contributed by atoms with Crippen molar-refractivity contribution in [3.8, 4) is 5.69 Å². The quantitative estimate of drug-likeness (QED) is 0.481. The minimum Gasteiger partial charge on any atom is -0.383 e. The van der Waals surface area contributed by atoms with Crippen LogP contribution in [0.1, 0.15) is 16.2 Å². The van der Waals surface area contributed by atoms with E-state index in [2.05, 4.69) is 15.6 Å². The van der Waals surface area contributed by atoms with Gasteiger partial charge in [-0.1, -0.05) is 11.3 Å². The molecular formula is C13H15N5O4. The molecule has 0 bridgehead atoms. The van der Waals surface area contributed by atoms with Crippen LogP contribution in [0.2, 0.25) is 0 Å². The molecule has 1 heterocycles. The number of ether oxygens (including phenoxy) is 1. The van der Waals surface area contributed by atoms with E-state index in [9.17, 15) is 14.9 Å². The molecule has 1 aromatic carbocycles. The Morgan fingerprint density at radius 1 is 1.50 bits per heavy atom.